The molecule has 1 fully saturated rings. The fourth-order valence-corrected chi connectivity index (χ4v) is 2.26. The standard InChI is InChI=1S/C14H17N3O/c1-16-9-10-17(11-14(16)18)13(7-8-15)12-5-3-2-4-6-12/h2-6,13H,7,9-11H2,1H3. The monoisotopic (exact) mass is 243 g/mol. The summed E-state index contributed by atoms with van der Waals surface area (Å²) in [5.74, 6) is 0.125. The van der Waals surface area contributed by atoms with E-state index in [-0.39, 0.29) is 11.9 Å². The summed E-state index contributed by atoms with van der Waals surface area (Å²) in [6.45, 7) is 1.95. The van der Waals surface area contributed by atoms with Gasteiger partial charge in [0.25, 0.3) is 0 Å². The number of carbonyl (C=O) groups is 1. The maximum Gasteiger partial charge on any atom is 0.236 e. The van der Waals surface area contributed by atoms with Crippen LogP contribution >= 0.6 is 0 Å². The summed E-state index contributed by atoms with van der Waals surface area (Å²) in [6.07, 6.45) is 0.418. The first-order valence-electron chi connectivity index (χ1n) is 6.12. The van der Waals surface area contributed by atoms with Crippen molar-refractivity contribution in [1.82, 2.24) is 9.80 Å². The molecule has 1 amide bonds. The van der Waals surface area contributed by atoms with Gasteiger partial charge in [0.1, 0.15) is 0 Å². The molecule has 0 aliphatic carbocycles. The van der Waals surface area contributed by atoms with Gasteiger partial charge in [-0.25, -0.2) is 0 Å². The fraction of sp³-hybridized carbons (Fsp3) is 0.429. The predicted octanol–water partition coefficient (Wildman–Crippen LogP) is 1.42. The Kier molecular flexibility index (Phi) is 3.96. The van der Waals surface area contributed by atoms with Crippen LogP contribution < -0.4 is 0 Å². The summed E-state index contributed by atoms with van der Waals surface area (Å²) >= 11 is 0. The molecule has 0 N–H and O–H groups in total. The van der Waals surface area contributed by atoms with Crippen LogP contribution in [0.5, 0.6) is 0 Å². The summed E-state index contributed by atoms with van der Waals surface area (Å²) < 4.78 is 0. The Morgan fingerprint density at radius 1 is 1.33 bits per heavy atom. The van der Waals surface area contributed by atoms with E-state index in [1.807, 2.05) is 37.4 Å². The van der Waals surface area contributed by atoms with E-state index in [1.54, 1.807) is 4.90 Å². The number of nitriles is 1. The van der Waals surface area contributed by atoms with E-state index in [0.29, 0.717) is 13.0 Å². The fourth-order valence-electron chi connectivity index (χ4n) is 2.26. The van der Waals surface area contributed by atoms with Crippen LogP contribution in [0.25, 0.3) is 0 Å². The van der Waals surface area contributed by atoms with Crippen molar-refractivity contribution in [3.05, 3.63) is 35.9 Å². The molecule has 1 unspecified atom stereocenters. The van der Waals surface area contributed by atoms with Gasteiger partial charge in [0.05, 0.1) is 19.0 Å². The number of nitrogens with zero attached hydrogens (tertiary/aromatic N) is 3. The van der Waals surface area contributed by atoms with Crippen molar-refractivity contribution < 1.29 is 4.79 Å². The number of benzene rings is 1. The predicted molar refractivity (Wildman–Crippen MR) is 68.6 cm³/mol. The molecule has 1 aliphatic heterocycles. The van der Waals surface area contributed by atoms with E-state index in [4.69, 9.17) is 5.26 Å². The SMILES string of the molecule is CN1CCN(C(CC#N)c2ccccc2)CC1=O. The molecule has 1 aromatic rings. The molecule has 18 heavy (non-hydrogen) atoms. The van der Waals surface area contributed by atoms with E-state index in [1.165, 1.54) is 0 Å². The molecule has 2 rings (SSSR count). The highest BCUT2D eigenvalue weighted by Gasteiger charge is 2.27. The van der Waals surface area contributed by atoms with Crippen LogP contribution in [-0.4, -0.2) is 42.4 Å². The Morgan fingerprint density at radius 3 is 2.67 bits per heavy atom. The van der Waals surface area contributed by atoms with Gasteiger partial charge in [-0.15, -0.1) is 0 Å². The van der Waals surface area contributed by atoms with Crippen molar-refractivity contribution in [3.63, 3.8) is 0 Å². The number of hydrogen-bond acceptors (Lipinski definition) is 3. The van der Waals surface area contributed by atoms with Crippen LogP contribution in [0.4, 0.5) is 0 Å². The first-order chi connectivity index (χ1) is 8.72. The highest BCUT2D eigenvalue weighted by atomic mass is 16.2. The van der Waals surface area contributed by atoms with Gasteiger partial charge in [-0.05, 0) is 5.56 Å². The maximum atomic E-state index is 11.7. The number of piperazine rings is 1. The number of carbonyl (C=O) groups excluding carboxylic acids is 1. The third-order valence-electron chi connectivity index (χ3n) is 3.40. The molecule has 1 aliphatic rings. The molecule has 1 heterocycles. The van der Waals surface area contributed by atoms with Crippen LogP contribution in [-0.2, 0) is 4.79 Å². The van der Waals surface area contributed by atoms with Crippen molar-refractivity contribution in [1.29, 1.82) is 5.26 Å². The van der Waals surface area contributed by atoms with E-state index in [9.17, 15) is 4.79 Å². The molecular weight excluding hydrogens is 226 g/mol. The molecule has 1 aromatic carbocycles. The molecule has 0 spiro atoms. The Morgan fingerprint density at radius 2 is 2.06 bits per heavy atom. The zero-order valence-electron chi connectivity index (χ0n) is 10.5. The highest BCUT2D eigenvalue weighted by molar-refractivity contribution is 5.78. The van der Waals surface area contributed by atoms with Gasteiger partial charge in [-0.2, -0.15) is 5.26 Å². The normalized spacial score (nSPS) is 18.4. The van der Waals surface area contributed by atoms with Crippen molar-refractivity contribution in [3.8, 4) is 6.07 Å². The highest BCUT2D eigenvalue weighted by Crippen LogP contribution is 2.25. The van der Waals surface area contributed by atoms with Crippen LogP contribution in [0.1, 0.15) is 18.0 Å². The molecule has 0 aromatic heterocycles. The van der Waals surface area contributed by atoms with Crippen LogP contribution in [0.15, 0.2) is 30.3 Å². The lowest BCUT2D eigenvalue weighted by molar-refractivity contribution is -0.135. The molecule has 0 saturated carbocycles. The lowest BCUT2D eigenvalue weighted by atomic mass is 10.0. The second kappa shape index (κ2) is 5.65. The Bertz CT molecular complexity index is 452. The molecule has 4 heteroatoms. The van der Waals surface area contributed by atoms with Gasteiger partial charge in [-0.1, -0.05) is 30.3 Å². The summed E-state index contributed by atoms with van der Waals surface area (Å²) in [5.41, 5.74) is 1.11. The quantitative estimate of drug-likeness (QED) is 0.806. The molecule has 1 saturated heterocycles. The zero-order chi connectivity index (χ0) is 13.0. The third-order valence-corrected chi connectivity index (χ3v) is 3.40. The molecule has 0 radical (unpaired) electrons. The van der Waals surface area contributed by atoms with Crippen molar-refractivity contribution in [2.45, 2.75) is 12.5 Å². The van der Waals surface area contributed by atoms with Gasteiger partial charge < -0.3 is 4.90 Å². The van der Waals surface area contributed by atoms with Crippen LogP contribution in [0.2, 0.25) is 0 Å². The number of rotatable bonds is 3. The smallest absolute Gasteiger partial charge is 0.236 e. The van der Waals surface area contributed by atoms with Crippen molar-refractivity contribution in [2.75, 3.05) is 26.7 Å². The zero-order valence-corrected chi connectivity index (χ0v) is 10.5. The topological polar surface area (TPSA) is 47.3 Å². The van der Waals surface area contributed by atoms with Gasteiger partial charge in [0.2, 0.25) is 5.91 Å². The molecular formula is C14H17N3O. The van der Waals surface area contributed by atoms with Crippen molar-refractivity contribution >= 4 is 5.91 Å². The lowest BCUT2D eigenvalue weighted by Gasteiger charge is -2.36. The van der Waals surface area contributed by atoms with Gasteiger partial charge in [-0.3, -0.25) is 9.69 Å². The van der Waals surface area contributed by atoms with Crippen molar-refractivity contribution in [2.24, 2.45) is 0 Å². The van der Waals surface area contributed by atoms with E-state index in [2.05, 4.69) is 11.0 Å². The molecule has 4 nitrogen and oxygen atoms in total. The summed E-state index contributed by atoms with van der Waals surface area (Å²) in [6, 6.07) is 12.2. The second-order valence-electron chi connectivity index (χ2n) is 4.57. The average Bonchev–Trinajstić information content (AvgIpc) is 2.40. The minimum absolute atomic E-state index is 0.0221. The van der Waals surface area contributed by atoms with Gasteiger partial charge >= 0.3 is 0 Å². The molecule has 1 atom stereocenters. The third kappa shape index (κ3) is 2.69. The summed E-state index contributed by atoms with van der Waals surface area (Å²) in [7, 11) is 1.82. The van der Waals surface area contributed by atoms with E-state index in [0.717, 1.165) is 18.7 Å². The largest absolute Gasteiger partial charge is 0.343 e. The maximum absolute atomic E-state index is 11.7. The minimum Gasteiger partial charge on any atom is -0.343 e. The first-order valence-corrected chi connectivity index (χ1v) is 6.12. The van der Waals surface area contributed by atoms with E-state index < -0.39 is 0 Å². The number of amides is 1. The molecule has 0 bridgehead atoms. The number of likely N-dealkylation sites (N-methyl/N-ethyl adjacent to an activating group) is 1. The van der Waals surface area contributed by atoms with Crippen LogP contribution in [0, 0.1) is 11.3 Å². The average molecular weight is 243 g/mol. The summed E-state index contributed by atoms with van der Waals surface area (Å²) in [5, 5.41) is 8.97. The number of hydrogen-bond donors (Lipinski definition) is 0. The minimum atomic E-state index is 0.0221. The Labute approximate surface area is 107 Å². The lowest BCUT2D eigenvalue weighted by Crippen LogP contribution is -2.49. The second-order valence-corrected chi connectivity index (χ2v) is 4.57. The molecule has 94 valence electrons. The Balaban J connectivity index is 2.16. The first kappa shape index (κ1) is 12.6. The van der Waals surface area contributed by atoms with Gasteiger partial charge in [0, 0.05) is 26.2 Å². The van der Waals surface area contributed by atoms with E-state index >= 15 is 0 Å². The Hall–Kier alpha value is -1.86. The van der Waals surface area contributed by atoms with Crippen LogP contribution in [0.3, 0.4) is 0 Å². The summed E-state index contributed by atoms with van der Waals surface area (Å²) in [4.78, 5) is 15.6. The van der Waals surface area contributed by atoms with Gasteiger partial charge in [0.15, 0.2) is 0 Å².